The van der Waals surface area contributed by atoms with Crippen molar-refractivity contribution in [1.82, 2.24) is 6.15 Å². The molecule has 9 heteroatoms. The summed E-state index contributed by atoms with van der Waals surface area (Å²) in [5.41, 5.74) is 0. The number of hydrogen-bond donors (Lipinski definition) is 5. The maximum absolute atomic E-state index is 11.8. The molecular weight excluding hydrogens is 517 g/mol. The minimum absolute atomic E-state index is 0. The Labute approximate surface area is 243 Å². The van der Waals surface area contributed by atoms with Crippen LogP contribution < -0.4 is 6.15 Å². The van der Waals surface area contributed by atoms with Gasteiger partial charge in [0.25, 0.3) is 0 Å². The third-order valence-electron chi connectivity index (χ3n) is 5.50. The van der Waals surface area contributed by atoms with Gasteiger partial charge in [0.05, 0.1) is 13.2 Å². The minimum Gasteiger partial charge on any atom is -0.397 e. The number of phosphoric ester groups is 1. The number of aliphatic hydroxyl groups excluding tert-OH is 3. The summed E-state index contributed by atoms with van der Waals surface area (Å²) in [4.78, 5) is 9.71. The van der Waals surface area contributed by atoms with E-state index < -0.39 is 7.82 Å². The molecule has 0 bridgehead atoms. The van der Waals surface area contributed by atoms with Crippen LogP contribution >= 0.6 is 7.82 Å². The predicted molar refractivity (Wildman–Crippen MR) is 169 cm³/mol. The van der Waals surface area contributed by atoms with Crippen molar-refractivity contribution in [3.05, 3.63) is 0 Å². The van der Waals surface area contributed by atoms with Gasteiger partial charge >= 0.3 is 7.82 Å². The molecule has 8 nitrogen and oxygen atoms in total. The fourth-order valence-corrected chi connectivity index (χ4v) is 4.37. The van der Waals surface area contributed by atoms with Crippen LogP contribution in [0, 0.1) is 0 Å². The first-order valence-corrected chi connectivity index (χ1v) is 17.3. The fraction of sp³-hybridized carbons (Fsp3) is 1.00. The Hall–Kier alpha value is -0.0500. The summed E-state index contributed by atoms with van der Waals surface area (Å²) < 4.78 is 22.0. The van der Waals surface area contributed by atoms with Gasteiger partial charge in [-0.05, 0) is 33.6 Å². The number of phosphoric acid groups is 1. The van der Waals surface area contributed by atoms with E-state index in [9.17, 15) is 9.46 Å². The highest BCUT2D eigenvalue weighted by Gasteiger charge is 2.19. The molecule has 39 heavy (non-hydrogen) atoms. The fourth-order valence-electron chi connectivity index (χ4n) is 3.58. The van der Waals surface area contributed by atoms with Crippen molar-refractivity contribution in [3.8, 4) is 0 Å². The van der Waals surface area contributed by atoms with E-state index in [0.717, 1.165) is 25.7 Å². The van der Waals surface area contributed by atoms with Gasteiger partial charge in [0.2, 0.25) is 0 Å². The highest BCUT2D eigenvalue weighted by Crippen LogP contribution is 2.43. The molecule has 0 saturated carbocycles. The third-order valence-corrected chi connectivity index (χ3v) is 6.52. The van der Waals surface area contributed by atoms with Crippen molar-refractivity contribution >= 4 is 7.82 Å². The Bertz CT molecular complexity index is 384. The quantitative estimate of drug-likeness (QED) is 0.0552. The average Bonchev–Trinajstić information content (AvgIpc) is 2.87. The Balaban J connectivity index is -0.000000336. The van der Waals surface area contributed by atoms with E-state index in [4.69, 9.17) is 24.4 Å². The Kier molecular flexibility index (Phi) is 59.6. The van der Waals surface area contributed by atoms with Gasteiger partial charge in [-0.1, -0.05) is 129 Å². The first kappa shape index (κ1) is 48.7. The number of unbranched alkanes of at least 4 members (excludes halogenated alkanes) is 18. The zero-order valence-electron chi connectivity index (χ0n) is 26.8. The van der Waals surface area contributed by atoms with Crippen molar-refractivity contribution in [2.75, 3.05) is 33.0 Å². The predicted octanol–water partition coefficient (Wildman–Crippen LogP) is 9.12. The highest BCUT2D eigenvalue weighted by molar-refractivity contribution is 7.47. The van der Waals surface area contributed by atoms with Gasteiger partial charge in [-0.25, -0.2) is 4.57 Å². The van der Waals surface area contributed by atoms with Crippen LogP contribution in [0.15, 0.2) is 0 Å². The lowest BCUT2D eigenvalue weighted by atomic mass is 10.1. The van der Waals surface area contributed by atoms with E-state index in [-0.39, 0.29) is 26.0 Å². The van der Waals surface area contributed by atoms with Crippen LogP contribution in [0.4, 0.5) is 0 Å². The van der Waals surface area contributed by atoms with Crippen molar-refractivity contribution in [1.29, 1.82) is 0 Å². The van der Waals surface area contributed by atoms with E-state index in [1.165, 1.54) is 103 Å². The molecule has 0 aromatic carbocycles. The molecule has 0 spiro atoms. The minimum atomic E-state index is -3.85. The van der Waals surface area contributed by atoms with E-state index in [2.05, 4.69) is 13.8 Å². The van der Waals surface area contributed by atoms with Crippen molar-refractivity contribution in [3.63, 3.8) is 0 Å². The Morgan fingerprint density at radius 2 is 0.615 bits per heavy atom. The van der Waals surface area contributed by atoms with Gasteiger partial charge in [0.15, 0.2) is 0 Å². The first-order chi connectivity index (χ1) is 18.4. The van der Waals surface area contributed by atoms with Crippen LogP contribution in [-0.4, -0.2) is 53.2 Å². The van der Waals surface area contributed by atoms with Gasteiger partial charge in [-0.2, -0.15) is 0 Å². The van der Waals surface area contributed by atoms with Gasteiger partial charge in [-0.3, -0.25) is 9.05 Å². The van der Waals surface area contributed by atoms with E-state index in [1.807, 2.05) is 0 Å². The lowest BCUT2D eigenvalue weighted by Gasteiger charge is -2.12. The molecule has 0 aliphatic heterocycles. The topological polar surface area (TPSA) is 151 Å². The Morgan fingerprint density at radius 1 is 0.436 bits per heavy atom. The molecule has 0 aliphatic rings. The van der Waals surface area contributed by atoms with E-state index in [0.29, 0.717) is 13.2 Å². The molecule has 0 radical (unpaired) electrons. The number of aliphatic hydroxyl groups is 3. The van der Waals surface area contributed by atoms with Crippen LogP contribution in [0.25, 0.3) is 0 Å². The molecule has 0 rings (SSSR count). The molecule has 0 aliphatic carbocycles. The van der Waals surface area contributed by atoms with Crippen LogP contribution in [0.1, 0.15) is 163 Å². The second kappa shape index (κ2) is 47.7. The second-order valence-corrected chi connectivity index (χ2v) is 10.9. The maximum Gasteiger partial charge on any atom is 0.472 e. The summed E-state index contributed by atoms with van der Waals surface area (Å²) in [7, 11) is -3.85. The van der Waals surface area contributed by atoms with Crippen LogP contribution in [0.3, 0.4) is 0 Å². The van der Waals surface area contributed by atoms with Gasteiger partial charge in [-0.15, -0.1) is 0 Å². The van der Waals surface area contributed by atoms with Crippen molar-refractivity contribution in [2.45, 2.75) is 163 Å². The summed E-state index contributed by atoms with van der Waals surface area (Å²) in [6, 6.07) is 0. The van der Waals surface area contributed by atoms with E-state index >= 15 is 0 Å². The summed E-state index contributed by atoms with van der Waals surface area (Å²) in [5, 5.41) is 22.7. The van der Waals surface area contributed by atoms with Crippen LogP contribution in [-0.2, 0) is 13.6 Å². The molecule has 0 aromatic rings. The van der Waals surface area contributed by atoms with Gasteiger partial charge in [0.1, 0.15) is 0 Å². The maximum atomic E-state index is 11.8. The molecule has 0 unspecified atom stereocenters. The SMILES string of the molecule is CCCCCCCCCCCCOP(=O)(O)OCCCCCCCCCCCC.CCO.CCO.CCO.N. The molecule has 244 valence electrons. The molecule has 0 atom stereocenters. The summed E-state index contributed by atoms with van der Waals surface area (Å²) in [5.74, 6) is 0. The second-order valence-electron chi connectivity index (χ2n) is 9.45. The molecule has 0 amide bonds. The summed E-state index contributed by atoms with van der Waals surface area (Å²) >= 11 is 0. The molecule has 0 fully saturated rings. The van der Waals surface area contributed by atoms with Crippen LogP contribution in [0.2, 0.25) is 0 Å². The third kappa shape index (κ3) is 62.8. The molecule has 0 aromatic heterocycles. The smallest absolute Gasteiger partial charge is 0.397 e. The summed E-state index contributed by atoms with van der Waals surface area (Å²) in [6.07, 6.45) is 24.8. The first-order valence-electron chi connectivity index (χ1n) is 15.8. The van der Waals surface area contributed by atoms with Gasteiger partial charge in [0, 0.05) is 19.8 Å². The van der Waals surface area contributed by atoms with E-state index in [1.54, 1.807) is 20.8 Å². The molecule has 0 saturated heterocycles. The average molecular weight is 590 g/mol. The number of rotatable bonds is 24. The summed E-state index contributed by atoms with van der Waals surface area (Å²) in [6.45, 7) is 10.9. The Morgan fingerprint density at radius 3 is 0.821 bits per heavy atom. The molecule has 0 heterocycles. The lowest BCUT2D eigenvalue weighted by Crippen LogP contribution is -1.99. The molecule has 7 N–H and O–H groups in total. The number of hydrogen-bond acceptors (Lipinski definition) is 7. The lowest BCUT2D eigenvalue weighted by molar-refractivity contribution is 0.145. The molecular formula is C30H72NO7P. The zero-order chi connectivity index (χ0) is 29.6. The monoisotopic (exact) mass is 590 g/mol. The van der Waals surface area contributed by atoms with Gasteiger partial charge < -0.3 is 26.4 Å². The highest BCUT2D eigenvalue weighted by atomic mass is 31.2. The zero-order valence-corrected chi connectivity index (χ0v) is 27.7. The van der Waals surface area contributed by atoms with Crippen LogP contribution in [0.5, 0.6) is 0 Å². The van der Waals surface area contributed by atoms with Crippen molar-refractivity contribution in [2.24, 2.45) is 0 Å². The standard InChI is InChI=1S/C24H51O4P.3C2H6O.H3N/c1-3-5-7-9-11-13-15-17-19-21-23-27-29(25,26)28-24-22-20-18-16-14-12-10-8-6-4-2;3*1-2-3;/h3-24H2,1-2H3,(H,25,26);3*3H,2H2,1H3;1H3. The normalized spacial score (nSPS) is 10.3. The largest absolute Gasteiger partial charge is 0.472 e. The van der Waals surface area contributed by atoms with Crippen molar-refractivity contribution < 1.29 is 33.8 Å².